The van der Waals surface area contributed by atoms with E-state index in [0.29, 0.717) is 0 Å². The minimum Gasteiger partial charge on any atom is -0.357 e. The topological polar surface area (TPSA) is 40.5 Å². The normalized spacial score (nSPS) is 10.9. The van der Waals surface area contributed by atoms with E-state index in [4.69, 9.17) is 4.99 Å². The third-order valence-electron chi connectivity index (χ3n) is 3.42. The molecule has 0 aliphatic carbocycles. The highest BCUT2D eigenvalue weighted by atomic mass is 127. The van der Waals surface area contributed by atoms with Crippen LogP contribution in [0.4, 0.5) is 0 Å². The van der Waals surface area contributed by atoms with Gasteiger partial charge in [0.15, 0.2) is 5.96 Å². The predicted octanol–water partition coefficient (Wildman–Crippen LogP) is 4.10. The summed E-state index contributed by atoms with van der Waals surface area (Å²) in [6.07, 6.45) is 2.67. The Kier molecular flexibility index (Phi) is 9.94. The highest BCUT2D eigenvalue weighted by molar-refractivity contribution is 14.0. The fourth-order valence-corrected chi connectivity index (χ4v) is 2.66. The van der Waals surface area contributed by atoms with Crippen molar-refractivity contribution in [3.05, 3.63) is 64.4 Å². The van der Waals surface area contributed by atoms with Gasteiger partial charge in [-0.1, -0.05) is 40.2 Å². The zero-order chi connectivity index (χ0) is 16.5. The molecule has 0 amide bonds. The number of halogens is 2. The lowest BCUT2D eigenvalue weighted by molar-refractivity contribution is 0.476. The molecule has 6 heteroatoms. The van der Waals surface area contributed by atoms with E-state index < -0.39 is 0 Å². The van der Waals surface area contributed by atoms with Crippen molar-refractivity contribution >= 4 is 45.9 Å². The minimum atomic E-state index is 0. The third-order valence-corrected chi connectivity index (χ3v) is 4.19. The molecule has 0 fully saturated rings. The van der Waals surface area contributed by atoms with E-state index in [2.05, 4.69) is 63.3 Å². The van der Waals surface area contributed by atoms with Gasteiger partial charge in [-0.3, -0.25) is 9.98 Å². The van der Waals surface area contributed by atoms with Gasteiger partial charge in [-0.2, -0.15) is 0 Å². The van der Waals surface area contributed by atoms with Crippen LogP contribution in [0.5, 0.6) is 0 Å². The van der Waals surface area contributed by atoms with Crippen molar-refractivity contribution in [3.63, 3.8) is 0 Å². The second-order valence-corrected chi connectivity index (χ2v) is 6.11. The monoisotopic (exact) mass is 502 g/mol. The molecule has 0 saturated carbocycles. The van der Waals surface area contributed by atoms with Crippen LogP contribution in [0.15, 0.2) is 58.1 Å². The number of hydrogen-bond acceptors (Lipinski definition) is 2. The number of nitrogens with one attached hydrogen (secondary N) is 1. The van der Waals surface area contributed by atoms with Gasteiger partial charge in [0, 0.05) is 49.5 Å². The predicted molar refractivity (Wildman–Crippen MR) is 115 cm³/mol. The first-order valence-corrected chi connectivity index (χ1v) is 8.62. The molecule has 4 nitrogen and oxygen atoms in total. The fourth-order valence-electron chi connectivity index (χ4n) is 2.25. The lowest BCUT2D eigenvalue weighted by Gasteiger charge is -2.22. The lowest BCUT2D eigenvalue weighted by atomic mass is 10.2. The van der Waals surface area contributed by atoms with Crippen molar-refractivity contribution in [1.82, 2.24) is 15.2 Å². The highest BCUT2D eigenvalue weighted by Gasteiger charge is 2.08. The van der Waals surface area contributed by atoms with Gasteiger partial charge in [0.1, 0.15) is 0 Å². The molecule has 0 bridgehead atoms. The summed E-state index contributed by atoms with van der Waals surface area (Å²) in [7, 11) is 2.06. The molecule has 1 aromatic carbocycles. The van der Waals surface area contributed by atoms with Crippen LogP contribution in [0.1, 0.15) is 18.2 Å². The van der Waals surface area contributed by atoms with Crippen molar-refractivity contribution < 1.29 is 0 Å². The fraction of sp³-hybridized carbons (Fsp3) is 0.333. The molecule has 24 heavy (non-hydrogen) atoms. The number of aromatic nitrogens is 1. The number of nitrogens with zero attached hydrogens (tertiary/aromatic N) is 3. The Labute approximate surface area is 169 Å². The zero-order valence-corrected chi connectivity index (χ0v) is 18.0. The van der Waals surface area contributed by atoms with Crippen LogP contribution in [-0.4, -0.2) is 36.0 Å². The van der Waals surface area contributed by atoms with Crippen molar-refractivity contribution in [2.45, 2.75) is 19.9 Å². The summed E-state index contributed by atoms with van der Waals surface area (Å²) in [5.41, 5.74) is 2.31. The number of benzene rings is 1. The van der Waals surface area contributed by atoms with Crippen molar-refractivity contribution in [2.75, 3.05) is 20.1 Å². The van der Waals surface area contributed by atoms with Crippen LogP contribution < -0.4 is 5.32 Å². The van der Waals surface area contributed by atoms with Crippen molar-refractivity contribution in [2.24, 2.45) is 4.99 Å². The quantitative estimate of drug-likeness (QED) is 0.367. The number of guanidine groups is 1. The zero-order valence-electron chi connectivity index (χ0n) is 14.1. The van der Waals surface area contributed by atoms with Gasteiger partial charge in [-0.25, -0.2) is 0 Å². The minimum absolute atomic E-state index is 0. The molecule has 0 aliphatic heterocycles. The maximum Gasteiger partial charge on any atom is 0.193 e. The van der Waals surface area contributed by atoms with E-state index in [1.54, 1.807) is 0 Å². The molecule has 130 valence electrons. The largest absolute Gasteiger partial charge is 0.357 e. The summed E-state index contributed by atoms with van der Waals surface area (Å²) in [6.45, 7) is 4.46. The highest BCUT2D eigenvalue weighted by Crippen LogP contribution is 2.17. The Bertz CT molecular complexity index is 634. The molecule has 1 N–H and O–H groups in total. The molecule has 0 aliphatic rings. The molecule has 2 aromatic rings. The van der Waals surface area contributed by atoms with Gasteiger partial charge < -0.3 is 10.2 Å². The second kappa shape index (κ2) is 11.4. The van der Waals surface area contributed by atoms with E-state index in [9.17, 15) is 0 Å². The van der Waals surface area contributed by atoms with Gasteiger partial charge >= 0.3 is 0 Å². The average molecular weight is 503 g/mol. The Hall–Kier alpha value is -1.15. The molecule has 0 unspecified atom stereocenters. The molecule has 0 atom stereocenters. The molecule has 0 spiro atoms. The van der Waals surface area contributed by atoms with E-state index in [-0.39, 0.29) is 24.0 Å². The van der Waals surface area contributed by atoms with Gasteiger partial charge in [0.25, 0.3) is 0 Å². The second-order valence-electron chi connectivity index (χ2n) is 5.25. The Morgan fingerprint density at radius 2 is 1.96 bits per heavy atom. The maximum absolute atomic E-state index is 4.71. The van der Waals surface area contributed by atoms with E-state index in [1.807, 2.05) is 30.5 Å². The summed E-state index contributed by atoms with van der Waals surface area (Å²) in [5.74, 6) is 0.916. The summed E-state index contributed by atoms with van der Waals surface area (Å²) in [6, 6.07) is 14.2. The van der Waals surface area contributed by atoms with Crippen molar-refractivity contribution in [1.29, 1.82) is 0 Å². The van der Waals surface area contributed by atoms with Crippen LogP contribution >= 0.6 is 39.9 Å². The smallest absolute Gasteiger partial charge is 0.193 e. The lowest BCUT2D eigenvalue weighted by Crippen LogP contribution is -2.38. The van der Waals surface area contributed by atoms with Crippen LogP contribution in [0, 0.1) is 0 Å². The summed E-state index contributed by atoms with van der Waals surface area (Å²) >= 11 is 3.60. The number of pyridine rings is 1. The molecule has 0 radical (unpaired) electrons. The third kappa shape index (κ3) is 6.76. The van der Waals surface area contributed by atoms with Crippen LogP contribution in [-0.2, 0) is 13.0 Å². The van der Waals surface area contributed by atoms with Crippen LogP contribution in [0.2, 0.25) is 0 Å². The standard InChI is InChI=1S/C18H23BrN4.HI/c1-3-20-18(22-13-11-16-9-6-7-12-21-16)23(2)14-15-8-4-5-10-17(15)19;/h4-10,12H,3,11,13-14H2,1-2H3,(H,20,22);1H. The molecular formula is C18H24BrIN4. The van der Waals surface area contributed by atoms with E-state index in [1.165, 1.54) is 5.56 Å². The average Bonchev–Trinajstić information content (AvgIpc) is 2.57. The maximum atomic E-state index is 4.71. The van der Waals surface area contributed by atoms with E-state index in [0.717, 1.165) is 42.2 Å². The van der Waals surface area contributed by atoms with E-state index >= 15 is 0 Å². The number of aliphatic imine (C=N–C) groups is 1. The van der Waals surface area contributed by atoms with Crippen molar-refractivity contribution in [3.8, 4) is 0 Å². The Balaban J connectivity index is 0.00000288. The molecular weight excluding hydrogens is 479 g/mol. The van der Waals surface area contributed by atoms with Crippen LogP contribution in [0.3, 0.4) is 0 Å². The Morgan fingerprint density at radius 1 is 1.21 bits per heavy atom. The molecule has 0 saturated heterocycles. The SMILES string of the molecule is CCNC(=NCCc1ccccn1)N(C)Cc1ccccc1Br.I. The van der Waals surface area contributed by atoms with Gasteiger partial charge in [0.2, 0.25) is 0 Å². The summed E-state index contributed by atoms with van der Waals surface area (Å²) < 4.78 is 1.12. The van der Waals surface area contributed by atoms with Gasteiger partial charge in [0.05, 0.1) is 0 Å². The molecule has 1 heterocycles. The summed E-state index contributed by atoms with van der Waals surface area (Å²) in [5, 5.41) is 3.35. The van der Waals surface area contributed by atoms with Crippen LogP contribution in [0.25, 0.3) is 0 Å². The first kappa shape index (κ1) is 20.9. The number of rotatable bonds is 6. The first-order valence-electron chi connectivity index (χ1n) is 7.83. The van der Waals surface area contributed by atoms with Gasteiger partial charge in [-0.15, -0.1) is 24.0 Å². The first-order chi connectivity index (χ1) is 11.2. The Morgan fingerprint density at radius 3 is 2.62 bits per heavy atom. The molecule has 1 aromatic heterocycles. The molecule has 2 rings (SSSR count). The summed E-state index contributed by atoms with van der Waals surface area (Å²) in [4.78, 5) is 11.2. The van der Waals surface area contributed by atoms with Gasteiger partial charge in [-0.05, 0) is 30.7 Å². The number of hydrogen-bond donors (Lipinski definition) is 1.